The summed E-state index contributed by atoms with van der Waals surface area (Å²) in [5.41, 5.74) is -0.136. The van der Waals surface area contributed by atoms with Crippen LogP contribution in [0.15, 0.2) is 0 Å². The van der Waals surface area contributed by atoms with Crippen LogP contribution in [0.3, 0.4) is 0 Å². The van der Waals surface area contributed by atoms with Gasteiger partial charge < -0.3 is 0 Å². The fourth-order valence-electron chi connectivity index (χ4n) is 1.81. The van der Waals surface area contributed by atoms with Gasteiger partial charge in [-0.3, -0.25) is 0 Å². The maximum absolute atomic E-state index is 9.00. The van der Waals surface area contributed by atoms with Crippen LogP contribution in [0.25, 0.3) is 0 Å². The highest BCUT2D eigenvalue weighted by Gasteiger charge is 2.26. The highest BCUT2D eigenvalue weighted by Crippen LogP contribution is 2.32. The minimum Gasteiger partial charge on any atom is -0.198 e. The molecular weight excluding hydrogens is 158 g/mol. The standard InChI is InChI=1S/C12H23N/c1-5-7-8-9-11(6-2)12(3,4)10-13/h11H,5-9H2,1-4H3. The highest BCUT2D eigenvalue weighted by atomic mass is 14.4. The van der Waals surface area contributed by atoms with E-state index >= 15 is 0 Å². The summed E-state index contributed by atoms with van der Waals surface area (Å²) in [6, 6.07) is 2.42. The van der Waals surface area contributed by atoms with Crippen molar-refractivity contribution in [3.05, 3.63) is 0 Å². The third-order valence-electron chi connectivity index (χ3n) is 2.96. The molecule has 0 aromatic heterocycles. The van der Waals surface area contributed by atoms with Crippen molar-refractivity contribution in [1.82, 2.24) is 0 Å². The summed E-state index contributed by atoms with van der Waals surface area (Å²) in [5.74, 6) is 0.573. The van der Waals surface area contributed by atoms with E-state index in [0.717, 1.165) is 6.42 Å². The van der Waals surface area contributed by atoms with E-state index in [1.807, 2.05) is 0 Å². The van der Waals surface area contributed by atoms with Gasteiger partial charge in [0.15, 0.2) is 0 Å². The number of nitrogens with zero attached hydrogens (tertiary/aromatic N) is 1. The third kappa shape index (κ3) is 4.31. The van der Waals surface area contributed by atoms with E-state index in [1.54, 1.807) is 0 Å². The molecule has 0 radical (unpaired) electrons. The first-order valence-corrected chi connectivity index (χ1v) is 5.49. The van der Waals surface area contributed by atoms with Gasteiger partial charge in [0.1, 0.15) is 0 Å². The molecule has 0 aromatic rings. The number of unbranched alkanes of at least 4 members (excludes halogenated alkanes) is 2. The molecule has 0 saturated carbocycles. The Hall–Kier alpha value is -0.510. The lowest BCUT2D eigenvalue weighted by Crippen LogP contribution is -2.21. The van der Waals surface area contributed by atoms with Crippen LogP contribution in [-0.2, 0) is 0 Å². The molecule has 0 N–H and O–H groups in total. The van der Waals surface area contributed by atoms with Crippen LogP contribution < -0.4 is 0 Å². The van der Waals surface area contributed by atoms with Gasteiger partial charge in [0.05, 0.1) is 11.5 Å². The Kier molecular flexibility index (Phi) is 5.79. The number of rotatable bonds is 6. The zero-order valence-electron chi connectivity index (χ0n) is 9.56. The van der Waals surface area contributed by atoms with Gasteiger partial charge in [-0.1, -0.05) is 39.5 Å². The first-order chi connectivity index (χ1) is 6.08. The van der Waals surface area contributed by atoms with Gasteiger partial charge in [0.25, 0.3) is 0 Å². The van der Waals surface area contributed by atoms with Crippen LogP contribution in [0.5, 0.6) is 0 Å². The lowest BCUT2D eigenvalue weighted by atomic mass is 9.76. The molecule has 1 heteroatoms. The molecule has 0 aliphatic carbocycles. The summed E-state index contributed by atoms with van der Waals surface area (Å²) in [5, 5.41) is 9.00. The van der Waals surface area contributed by atoms with Crippen molar-refractivity contribution in [2.75, 3.05) is 0 Å². The van der Waals surface area contributed by atoms with E-state index in [0.29, 0.717) is 5.92 Å². The molecule has 1 nitrogen and oxygen atoms in total. The minimum absolute atomic E-state index is 0.136. The van der Waals surface area contributed by atoms with Crippen LogP contribution >= 0.6 is 0 Å². The topological polar surface area (TPSA) is 23.8 Å². The Labute approximate surface area is 83.1 Å². The summed E-state index contributed by atoms with van der Waals surface area (Å²) >= 11 is 0. The SMILES string of the molecule is CCCCCC(CC)C(C)(C)C#N. The van der Waals surface area contributed by atoms with Gasteiger partial charge in [-0.15, -0.1) is 0 Å². The minimum atomic E-state index is -0.136. The summed E-state index contributed by atoms with van der Waals surface area (Å²) in [6.45, 7) is 8.53. The van der Waals surface area contributed by atoms with Crippen LogP contribution in [0.1, 0.15) is 59.8 Å². The third-order valence-corrected chi connectivity index (χ3v) is 2.96. The van der Waals surface area contributed by atoms with E-state index < -0.39 is 0 Å². The highest BCUT2D eigenvalue weighted by molar-refractivity contribution is 4.96. The predicted molar refractivity (Wildman–Crippen MR) is 57.3 cm³/mol. The number of hydrogen-bond acceptors (Lipinski definition) is 1. The van der Waals surface area contributed by atoms with Crippen molar-refractivity contribution in [1.29, 1.82) is 5.26 Å². The van der Waals surface area contributed by atoms with Crippen LogP contribution in [0.4, 0.5) is 0 Å². The Morgan fingerprint density at radius 3 is 2.23 bits per heavy atom. The molecule has 13 heavy (non-hydrogen) atoms. The summed E-state index contributed by atoms with van der Waals surface area (Å²) in [6.07, 6.45) is 6.19. The fraction of sp³-hybridized carbons (Fsp3) is 0.917. The quantitative estimate of drug-likeness (QED) is 0.565. The molecule has 0 bridgehead atoms. The van der Waals surface area contributed by atoms with Crippen LogP contribution in [-0.4, -0.2) is 0 Å². The zero-order valence-corrected chi connectivity index (χ0v) is 9.56. The van der Waals surface area contributed by atoms with Gasteiger partial charge in [-0.25, -0.2) is 0 Å². The van der Waals surface area contributed by atoms with Crippen molar-refractivity contribution in [3.8, 4) is 6.07 Å². The maximum atomic E-state index is 9.00. The fourth-order valence-corrected chi connectivity index (χ4v) is 1.81. The lowest BCUT2D eigenvalue weighted by Gasteiger charge is -2.26. The Morgan fingerprint density at radius 2 is 1.85 bits per heavy atom. The number of nitriles is 1. The maximum Gasteiger partial charge on any atom is 0.0686 e. The average molecular weight is 181 g/mol. The Bertz CT molecular complexity index is 164. The van der Waals surface area contributed by atoms with E-state index in [2.05, 4.69) is 33.8 Å². The molecule has 0 spiro atoms. The smallest absolute Gasteiger partial charge is 0.0686 e. The van der Waals surface area contributed by atoms with Crippen molar-refractivity contribution in [3.63, 3.8) is 0 Å². The number of hydrogen-bond donors (Lipinski definition) is 0. The average Bonchev–Trinajstić information content (AvgIpc) is 2.12. The second kappa shape index (κ2) is 6.02. The Morgan fingerprint density at radius 1 is 1.23 bits per heavy atom. The molecule has 0 aliphatic heterocycles. The van der Waals surface area contributed by atoms with E-state index in [9.17, 15) is 0 Å². The second-order valence-electron chi connectivity index (χ2n) is 4.43. The van der Waals surface area contributed by atoms with Crippen molar-refractivity contribution < 1.29 is 0 Å². The van der Waals surface area contributed by atoms with Crippen LogP contribution in [0, 0.1) is 22.7 Å². The molecule has 0 aromatic carbocycles. The summed E-state index contributed by atoms with van der Waals surface area (Å²) in [4.78, 5) is 0. The second-order valence-corrected chi connectivity index (χ2v) is 4.43. The molecular formula is C12H23N. The van der Waals surface area contributed by atoms with Crippen molar-refractivity contribution in [2.45, 2.75) is 59.8 Å². The molecule has 76 valence electrons. The van der Waals surface area contributed by atoms with Gasteiger partial charge in [-0.2, -0.15) is 5.26 Å². The van der Waals surface area contributed by atoms with E-state index in [4.69, 9.17) is 5.26 Å². The van der Waals surface area contributed by atoms with Gasteiger partial charge >= 0.3 is 0 Å². The molecule has 1 unspecified atom stereocenters. The predicted octanol–water partition coefficient (Wildman–Crippen LogP) is 4.14. The summed E-state index contributed by atoms with van der Waals surface area (Å²) in [7, 11) is 0. The molecule has 0 fully saturated rings. The van der Waals surface area contributed by atoms with Gasteiger partial charge in [0, 0.05) is 0 Å². The molecule has 0 aliphatic rings. The van der Waals surface area contributed by atoms with E-state index in [-0.39, 0.29) is 5.41 Å². The summed E-state index contributed by atoms with van der Waals surface area (Å²) < 4.78 is 0. The van der Waals surface area contributed by atoms with Gasteiger partial charge in [-0.05, 0) is 26.2 Å². The first-order valence-electron chi connectivity index (χ1n) is 5.49. The lowest BCUT2D eigenvalue weighted by molar-refractivity contribution is 0.259. The largest absolute Gasteiger partial charge is 0.198 e. The zero-order chi connectivity index (χ0) is 10.3. The molecule has 0 heterocycles. The molecule has 0 amide bonds. The van der Waals surface area contributed by atoms with Crippen LogP contribution in [0.2, 0.25) is 0 Å². The first kappa shape index (κ1) is 12.5. The van der Waals surface area contributed by atoms with E-state index in [1.165, 1.54) is 25.7 Å². The van der Waals surface area contributed by atoms with Crippen molar-refractivity contribution in [2.24, 2.45) is 11.3 Å². The normalized spacial score (nSPS) is 13.8. The monoisotopic (exact) mass is 181 g/mol. The molecule has 1 atom stereocenters. The van der Waals surface area contributed by atoms with Gasteiger partial charge in [0.2, 0.25) is 0 Å². The Balaban J connectivity index is 3.97. The molecule has 0 saturated heterocycles. The molecule has 0 rings (SSSR count). The van der Waals surface area contributed by atoms with Crippen molar-refractivity contribution >= 4 is 0 Å².